The van der Waals surface area contributed by atoms with E-state index in [9.17, 15) is 9.59 Å². The Hall–Kier alpha value is -4.29. The van der Waals surface area contributed by atoms with Gasteiger partial charge in [0.2, 0.25) is 0 Å². The van der Waals surface area contributed by atoms with Crippen LogP contribution >= 0.6 is 0 Å². The number of rotatable bonds is 9. The Labute approximate surface area is 254 Å². The molecule has 0 saturated carbocycles. The molecule has 0 bridgehead atoms. The average Bonchev–Trinajstić information content (AvgIpc) is 3.01. The Morgan fingerprint density at radius 2 is 1.53 bits per heavy atom. The van der Waals surface area contributed by atoms with Gasteiger partial charge in [-0.05, 0) is 87.5 Å². The quantitative estimate of drug-likeness (QED) is 0.195. The van der Waals surface area contributed by atoms with Crippen molar-refractivity contribution in [3.05, 3.63) is 126 Å². The summed E-state index contributed by atoms with van der Waals surface area (Å²) in [6.45, 7) is 8.89. The summed E-state index contributed by atoms with van der Waals surface area (Å²) in [6.07, 6.45) is 3.62. The molecule has 0 N–H and O–H groups in total. The second-order valence-corrected chi connectivity index (χ2v) is 12.2. The van der Waals surface area contributed by atoms with Crippen LogP contribution in [-0.4, -0.2) is 47.1 Å². The van der Waals surface area contributed by atoms with Crippen molar-refractivity contribution >= 4 is 11.9 Å². The molecule has 3 aromatic carbocycles. The molecule has 222 valence electrons. The number of piperidine rings is 1. The highest BCUT2D eigenvalue weighted by atomic mass is 16.6. The van der Waals surface area contributed by atoms with Gasteiger partial charge < -0.3 is 9.47 Å². The summed E-state index contributed by atoms with van der Waals surface area (Å²) in [4.78, 5) is 33.4. The number of aromatic nitrogens is 1. The first kappa shape index (κ1) is 30.2. The van der Waals surface area contributed by atoms with Crippen molar-refractivity contribution in [1.82, 2.24) is 9.88 Å². The summed E-state index contributed by atoms with van der Waals surface area (Å²) in [5, 5.41) is 0. The van der Waals surface area contributed by atoms with Crippen molar-refractivity contribution in [3.63, 3.8) is 0 Å². The number of benzene rings is 3. The van der Waals surface area contributed by atoms with Crippen LogP contribution in [0.25, 0.3) is 11.3 Å². The second-order valence-electron chi connectivity index (χ2n) is 12.2. The largest absolute Gasteiger partial charge is 0.465 e. The Balaban J connectivity index is 1.28. The molecule has 1 atom stereocenters. The average molecular weight is 577 g/mol. The Morgan fingerprint density at radius 3 is 2.23 bits per heavy atom. The molecule has 1 unspecified atom stereocenters. The molecule has 2 heterocycles. The fourth-order valence-electron chi connectivity index (χ4n) is 5.48. The number of carbonyl (C=O) groups is 2. The molecule has 1 aromatic heterocycles. The summed E-state index contributed by atoms with van der Waals surface area (Å²) in [5.41, 5.74) is 4.29. The molecule has 1 saturated heterocycles. The highest BCUT2D eigenvalue weighted by molar-refractivity contribution is 5.91. The lowest BCUT2D eigenvalue weighted by Gasteiger charge is -2.32. The van der Waals surface area contributed by atoms with E-state index in [0.717, 1.165) is 49.2 Å². The topological polar surface area (TPSA) is 68.7 Å². The van der Waals surface area contributed by atoms with E-state index < -0.39 is 17.5 Å². The van der Waals surface area contributed by atoms with Crippen LogP contribution in [0, 0.1) is 5.92 Å². The van der Waals surface area contributed by atoms with Gasteiger partial charge in [0.05, 0.1) is 17.9 Å². The van der Waals surface area contributed by atoms with Crippen LogP contribution in [0.4, 0.5) is 0 Å². The fraction of sp³-hybridized carbons (Fsp3) is 0.324. The van der Waals surface area contributed by atoms with Gasteiger partial charge in [-0.1, -0.05) is 78.9 Å². The summed E-state index contributed by atoms with van der Waals surface area (Å²) >= 11 is 0. The fourth-order valence-corrected chi connectivity index (χ4v) is 5.48. The third-order valence-corrected chi connectivity index (χ3v) is 7.70. The van der Waals surface area contributed by atoms with Crippen molar-refractivity contribution in [3.8, 4) is 11.3 Å². The molecule has 0 amide bonds. The number of esters is 2. The van der Waals surface area contributed by atoms with Gasteiger partial charge in [0.25, 0.3) is 0 Å². The standard InChI is InChI=1S/C37H40N2O4/c1-37(2,3)43-35(40)32-17-20-38-33(24-32)30-15-10-16-31(23-30)34(29-13-8-5-9-14-29)36(41)42-26-28-18-21-39(22-19-28)25-27-11-6-4-7-12-27/h4-17,20,23-24,28,34H,18-19,21-22,25-26H2,1-3H3. The molecule has 5 rings (SSSR count). The van der Waals surface area contributed by atoms with Crippen molar-refractivity contribution in [2.24, 2.45) is 5.92 Å². The predicted molar refractivity (Wildman–Crippen MR) is 169 cm³/mol. The monoisotopic (exact) mass is 576 g/mol. The first-order valence-electron chi connectivity index (χ1n) is 15.0. The molecule has 43 heavy (non-hydrogen) atoms. The number of hydrogen-bond donors (Lipinski definition) is 0. The smallest absolute Gasteiger partial charge is 0.338 e. The van der Waals surface area contributed by atoms with E-state index in [-0.39, 0.29) is 5.97 Å². The number of hydrogen-bond acceptors (Lipinski definition) is 6. The molecule has 1 aliphatic rings. The lowest BCUT2D eigenvalue weighted by molar-refractivity contribution is -0.146. The molecule has 0 radical (unpaired) electrons. The van der Waals surface area contributed by atoms with Gasteiger partial charge in [-0.2, -0.15) is 0 Å². The molecule has 0 aliphatic carbocycles. The van der Waals surface area contributed by atoms with E-state index in [1.807, 2.05) is 81.4 Å². The van der Waals surface area contributed by atoms with E-state index in [1.54, 1.807) is 18.3 Å². The minimum absolute atomic E-state index is 0.259. The van der Waals surface area contributed by atoms with Crippen LogP contribution in [-0.2, 0) is 20.8 Å². The lowest BCUT2D eigenvalue weighted by atomic mass is 9.89. The normalized spacial score (nSPS) is 15.0. The zero-order valence-corrected chi connectivity index (χ0v) is 25.2. The molecule has 1 aliphatic heterocycles. The number of likely N-dealkylation sites (tertiary alicyclic amines) is 1. The Kier molecular flexibility index (Phi) is 9.68. The summed E-state index contributed by atoms with van der Waals surface area (Å²) in [7, 11) is 0. The van der Waals surface area contributed by atoms with Gasteiger partial charge in [0.1, 0.15) is 11.5 Å². The lowest BCUT2D eigenvalue weighted by Crippen LogP contribution is -2.35. The zero-order valence-electron chi connectivity index (χ0n) is 25.2. The van der Waals surface area contributed by atoms with E-state index in [2.05, 4.69) is 34.1 Å². The number of nitrogens with zero attached hydrogens (tertiary/aromatic N) is 2. The van der Waals surface area contributed by atoms with Gasteiger partial charge in [0.15, 0.2) is 0 Å². The van der Waals surface area contributed by atoms with Gasteiger partial charge in [-0.15, -0.1) is 0 Å². The van der Waals surface area contributed by atoms with Crippen molar-refractivity contribution in [2.75, 3.05) is 19.7 Å². The number of pyridine rings is 1. The van der Waals surface area contributed by atoms with Gasteiger partial charge in [-0.3, -0.25) is 14.7 Å². The van der Waals surface area contributed by atoms with Crippen molar-refractivity contribution in [1.29, 1.82) is 0 Å². The van der Waals surface area contributed by atoms with Crippen LogP contribution in [0.3, 0.4) is 0 Å². The molecule has 6 nitrogen and oxygen atoms in total. The molecule has 4 aromatic rings. The van der Waals surface area contributed by atoms with E-state index in [1.165, 1.54) is 5.56 Å². The van der Waals surface area contributed by atoms with Crippen molar-refractivity contribution < 1.29 is 19.1 Å². The zero-order chi connectivity index (χ0) is 30.2. The van der Waals surface area contributed by atoms with E-state index >= 15 is 0 Å². The van der Waals surface area contributed by atoms with Crippen LogP contribution in [0.1, 0.15) is 66.6 Å². The third kappa shape index (κ3) is 8.39. The second kappa shape index (κ2) is 13.8. The highest BCUT2D eigenvalue weighted by Gasteiger charge is 2.27. The molecular formula is C37H40N2O4. The summed E-state index contributed by atoms with van der Waals surface area (Å²) in [5.74, 6) is -0.888. The first-order chi connectivity index (χ1) is 20.7. The van der Waals surface area contributed by atoms with E-state index in [0.29, 0.717) is 23.8 Å². The predicted octanol–water partition coefficient (Wildman–Crippen LogP) is 7.29. The third-order valence-electron chi connectivity index (χ3n) is 7.70. The SMILES string of the molecule is CC(C)(C)OC(=O)c1ccnc(-c2cccc(C(C(=O)OCC3CCN(Cc4ccccc4)CC3)c3ccccc3)c2)c1. The number of carbonyl (C=O) groups excluding carboxylic acids is 2. The van der Waals surface area contributed by atoms with E-state index in [4.69, 9.17) is 9.47 Å². The minimum atomic E-state index is -0.594. The maximum atomic E-state index is 13.7. The highest BCUT2D eigenvalue weighted by Crippen LogP contribution is 2.30. The number of ether oxygens (including phenoxy) is 2. The molecule has 6 heteroatoms. The van der Waals surface area contributed by atoms with Crippen LogP contribution in [0.15, 0.2) is 103 Å². The van der Waals surface area contributed by atoms with Crippen LogP contribution in [0.2, 0.25) is 0 Å². The van der Waals surface area contributed by atoms with Crippen molar-refractivity contribution in [2.45, 2.75) is 51.7 Å². The molecular weight excluding hydrogens is 536 g/mol. The van der Waals surface area contributed by atoms with Crippen LogP contribution < -0.4 is 0 Å². The summed E-state index contributed by atoms with van der Waals surface area (Å²) < 4.78 is 11.6. The molecule has 0 spiro atoms. The maximum absolute atomic E-state index is 13.7. The Bertz CT molecular complexity index is 1510. The van der Waals surface area contributed by atoms with Gasteiger partial charge >= 0.3 is 11.9 Å². The van der Waals surface area contributed by atoms with Gasteiger partial charge in [0, 0.05) is 18.3 Å². The van der Waals surface area contributed by atoms with Gasteiger partial charge in [-0.25, -0.2) is 4.79 Å². The first-order valence-corrected chi connectivity index (χ1v) is 15.0. The van der Waals surface area contributed by atoms with Crippen LogP contribution in [0.5, 0.6) is 0 Å². The Morgan fingerprint density at radius 1 is 0.860 bits per heavy atom. The minimum Gasteiger partial charge on any atom is -0.465 e. The maximum Gasteiger partial charge on any atom is 0.338 e. The summed E-state index contributed by atoms with van der Waals surface area (Å²) in [6, 6.07) is 31.4. The molecule has 1 fully saturated rings.